The van der Waals surface area contributed by atoms with Crippen molar-refractivity contribution in [2.75, 3.05) is 5.75 Å². The van der Waals surface area contributed by atoms with Crippen LogP contribution in [0.4, 0.5) is 0 Å². The molecule has 1 aromatic carbocycles. The number of benzene rings is 1. The molecule has 122 valence electrons. The van der Waals surface area contributed by atoms with Crippen molar-refractivity contribution in [1.82, 2.24) is 19.6 Å². The zero-order valence-electron chi connectivity index (χ0n) is 13.2. The van der Waals surface area contributed by atoms with E-state index in [1.54, 1.807) is 4.52 Å². The van der Waals surface area contributed by atoms with E-state index in [1.807, 2.05) is 38.1 Å². The number of H-pyrrole nitrogens is 1. The van der Waals surface area contributed by atoms with E-state index in [9.17, 15) is 4.79 Å². The molecular weight excluding hydrogens is 344 g/mol. The van der Waals surface area contributed by atoms with Gasteiger partial charge in [0.2, 0.25) is 5.65 Å². The van der Waals surface area contributed by atoms with Crippen LogP contribution in [0.3, 0.4) is 0 Å². The molecule has 5 nitrogen and oxygen atoms in total. The lowest BCUT2D eigenvalue weighted by Crippen LogP contribution is -2.14. The van der Waals surface area contributed by atoms with E-state index in [4.69, 9.17) is 18.0 Å². The van der Waals surface area contributed by atoms with Crippen LogP contribution in [0.2, 0.25) is 5.02 Å². The first-order valence-corrected chi connectivity index (χ1v) is 8.72. The van der Waals surface area contributed by atoms with Crippen molar-refractivity contribution in [3.63, 3.8) is 0 Å². The molecular formula is C17H15ClN4OS. The Balaban J connectivity index is 2.29. The lowest BCUT2D eigenvalue weighted by atomic mass is 10.0. The Hall–Kier alpha value is -2.23. The average Bonchev–Trinajstić information content (AvgIpc) is 2.94. The summed E-state index contributed by atoms with van der Waals surface area (Å²) in [7, 11) is 0. The molecule has 0 aliphatic rings. The lowest BCUT2D eigenvalue weighted by Gasteiger charge is -2.07. The molecule has 3 rings (SSSR count). The molecule has 1 N–H and O–H groups in total. The molecule has 2 aromatic heterocycles. The maximum atomic E-state index is 12.4. The first kappa shape index (κ1) is 16.6. The van der Waals surface area contributed by atoms with Gasteiger partial charge < -0.3 is 0 Å². The Morgan fingerprint density at radius 2 is 2.08 bits per heavy atom. The van der Waals surface area contributed by atoms with Gasteiger partial charge in [-0.05, 0) is 18.1 Å². The fraction of sp³-hybridized carbons (Fsp3) is 0.235. The topological polar surface area (TPSA) is 63.1 Å². The Bertz CT molecular complexity index is 983. The summed E-state index contributed by atoms with van der Waals surface area (Å²) in [5, 5.41) is 5.62. The van der Waals surface area contributed by atoms with Crippen molar-refractivity contribution in [1.29, 1.82) is 0 Å². The van der Waals surface area contributed by atoms with E-state index in [-0.39, 0.29) is 17.1 Å². The van der Waals surface area contributed by atoms with Crippen LogP contribution >= 0.6 is 23.4 Å². The van der Waals surface area contributed by atoms with Crippen molar-refractivity contribution in [2.24, 2.45) is 0 Å². The third-order valence-electron chi connectivity index (χ3n) is 3.45. The number of aromatic amines is 1. The first-order valence-electron chi connectivity index (χ1n) is 7.36. The number of aromatic nitrogens is 4. The summed E-state index contributed by atoms with van der Waals surface area (Å²) >= 11 is 7.29. The molecule has 0 aliphatic heterocycles. The second-order valence-corrected chi connectivity index (χ2v) is 6.90. The molecule has 0 unspecified atom stereocenters. The van der Waals surface area contributed by atoms with E-state index < -0.39 is 0 Å². The number of nitrogens with zero attached hydrogens (tertiary/aromatic N) is 3. The highest BCUT2D eigenvalue weighted by Gasteiger charge is 2.20. The fourth-order valence-electron chi connectivity index (χ4n) is 2.40. The molecule has 0 bridgehead atoms. The molecule has 0 saturated heterocycles. The Kier molecular flexibility index (Phi) is 4.65. The Labute approximate surface area is 148 Å². The maximum Gasteiger partial charge on any atom is 0.295 e. The summed E-state index contributed by atoms with van der Waals surface area (Å²) < 4.78 is 1.59. The van der Waals surface area contributed by atoms with Gasteiger partial charge in [0.1, 0.15) is 0 Å². The predicted octanol–water partition coefficient (Wildman–Crippen LogP) is 3.59. The van der Waals surface area contributed by atoms with Crippen LogP contribution in [0.15, 0.2) is 34.2 Å². The zero-order valence-corrected chi connectivity index (χ0v) is 14.8. The molecule has 7 heteroatoms. The van der Waals surface area contributed by atoms with Crippen molar-refractivity contribution < 1.29 is 0 Å². The highest BCUT2D eigenvalue weighted by molar-refractivity contribution is 7.99. The van der Waals surface area contributed by atoms with Crippen LogP contribution in [0.5, 0.6) is 0 Å². The number of rotatable bonds is 4. The number of terminal acetylenes is 1. The summed E-state index contributed by atoms with van der Waals surface area (Å²) in [5.74, 6) is 3.09. The van der Waals surface area contributed by atoms with Crippen molar-refractivity contribution in [3.8, 4) is 23.6 Å². The number of imidazole rings is 1. The summed E-state index contributed by atoms with van der Waals surface area (Å²) in [6.07, 6.45) is 5.28. The molecule has 0 spiro atoms. The van der Waals surface area contributed by atoms with Crippen LogP contribution in [0, 0.1) is 12.3 Å². The third-order valence-corrected chi connectivity index (χ3v) is 4.47. The maximum absolute atomic E-state index is 12.4. The van der Waals surface area contributed by atoms with Crippen LogP contribution in [-0.4, -0.2) is 25.3 Å². The van der Waals surface area contributed by atoms with E-state index in [0.29, 0.717) is 15.9 Å². The molecule has 2 heterocycles. The van der Waals surface area contributed by atoms with Crippen molar-refractivity contribution in [3.05, 3.63) is 45.3 Å². The van der Waals surface area contributed by atoms with Gasteiger partial charge in [-0.1, -0.05) is 55.3 Å². The van der Waals surface area contributed by atoms with Crippen LogP contribution < -0.4 is 5.56 Å². The van der Waals surface area contributed by atoms with Gasteiger partial charge in [0.25, 0.3) is 5.56 Å². The van der Waals surface area contributed by atoms with Crippen molar-refractivity contribution in [2.45, 2.75) is 24.9 Å². The van der Waals surface area contributed by atoms with Gasteiger partial charge >= 0.3 is 0 Å². The molecule has 24 heavy (non-hydrogen) atoms. The average molecular weight is 359 g/mol. The SMILES string of the molecule is C#CCSc1nn2c(-c3ccc(Cl)cc3)c(C(C)C)nc2c(=O)[nH]1. The van der Waals surface area contributed by atoms with Gasteiger partial charge in [-0.3, -0.25) is 9.78 Å². The minimum Gasteiger partial charge on any atom is -0.297 e. The van der Waals surface area contributed by atoms with Gasteiger partial charge in [0, 0.05) is 10.6 Å². The van der Waals surface area contributed by atoms with Crippen molar-refractivity contribution >= 4 is 29.0 Å². The largest absolute Gasteiger partial charge is 0.297 e. The smallest absolute Gasteiger partial charge is 0.295 e. The van der Waals surface area contributed by atoms with E-state index in [0.717, 1.165) is 17.0 Å². The van der Waals surface area contributed by atoms with Gasteiger partial charge in [0.05, 0.1) is 17.1 Å². The van der Waals surface area contributed by atoms with E-state index >= 15 is 0 Å². The third kappa shape index (κ3) is 3.05. The summed E-state index contributed by atoms with van der Waals surface area (Å²) in [5.41, 5.74) is 2.50. The summed E-state index contributed by atoms with van der Waals surface area (Å²) in [6.45, 7) is 4.06. The van der Waals surface area contributed by atoms with E-state index in [1.165, 1.54) is 11.8 Å². The first-order chi connectivity index (χ1) is 11.5. The number of hydrogen-bond donors (Lipinski definition) is 1. The number of nitrogens with one attached hydrogen (secondary N) is 1. The fourth-order valence-corrected chi connectivity index (χ4v) is 3.05. The molecule has 0 atom stereocenters. The second-order valence-electron chi connectivity index (χ2n) is 5.49. The number of hydrogen-bond acceptors (Lipinski definition) is 4. The van der Waals surface area contributed by atoms with Crippen LogP contribution in [0.1, 0.15) is 25.5 Å². The molecule has 0 aliphatic carbocycles. The summed E-state index contributed by atoms with van der Waals surface area (Å²) in [6, 6.07) is 7.41. The number of thioether (sulfide) groups is 1. The van der Waals surface area contributed by atoms with Gasteiger partial charge in [-0.2, -0.15) is 0 Å². The predicted molar refractivity (Wildman–Crippen MR) is 97.7 cm³/mol. The molecule has 3 aromatic rings. The molecule has 0 saturated carbocycles. The number of fused-ring (bicyclic) bond motifs is 1. The minimum atomic E-state index is -0.286. The number of halogens is 1. The van der Waals surface area contributed by atoms with Gasteiger partial charge in [0.15, 0.2) is 5.16 Å². The standard InChI is InChI=1S/C17H15ClN4OS/c1-4-9-24-17-20-16(23)15-19-13(10(2)3)14(22(15)21-17)11-5-7-12(18)8-6-11/h1,5-8,10H,9H2,2-3H3,(H,20,21,23). The highest BCUT2D eigenvalue weighted by Crippen LogP contribution is 2.30. The minimum absolute atomic E-state index is 0.138. The Morgan fingerprint density at radius 1 is 1.38 bits per heavy atom. The monoisotopic (exact) mass is 358 g/mol. The molecule has 0 radical (unpaired) electrons. The normalized spacial score (nSPS) is 11.1. The van der Waals surface area contributed by atoms with Gasteiger partial charge in [-0.25, -0.2) is 9.50 Å². The van der Waals surface area contributed by atoms with E-state index in [2.05, 4.69) is 21.0 Å². The van der Waals surface area contributed by atoms with Crippen LogP contribution in [-0.2, 0) is 0 Å². The highest BCUT2D eigenvalue weighted by atomic mass is 35.5. The van der Waals surface area contributed by atoms with Gasteiger partial charge in [-0.15, -0.1) is 11.5 Å². The second kappa shape index (κ2) is 6.71. The Morgan fingerprint density at radius 3 is 2.71 bits per heavy atom. The van der Waals surface area contributed by atoms with Crippen LogP contribution in [0.25, 0.3) is 16.9 Å². The molecule has 0 fully saturated rings. The lowest BCUT2D eigenvalue weighted by molar-refractivity contribution is 0.781. The molecule has 0 amide bonds. The quantitative estimate of drug-likeness (QED) is 0.572. The summed E-state index contributed by atoms with van der Waals surface area (Å²) in [4.78, 5) is 19.6. The zero-order chi connectivity index (χ0) is 17.3.